The third-order valence-electron chi connectivity index (χ3n) is 2.95. The van der Waals surface area contributed by atoms with E-state index in [-0.39, 0.29) is 0 Å². The van der Waals surface area contributed by atoms with Gasteiger partial charge >= 0.3 is 0 Å². The maximum Gasteiger partial charge on any atom is 0.235 e. The standard InChI is InChI=1S/C14H9BrN4O2S/c15-9-3-5-10(6-4-9)21-8-12-18-19-13(11-2-1-7-20-11)16-17-14(19)22-12/h1-7H,8H2. The highest BCUT2D eigenvalue weighted by Gasteiger charge is 2.15. The van der Waals surface area contributed by atoms with E-state index in [1.807, 2.05) is 30.3 Å². The molecule has 1 aromatic carbocycles. The summed E-state index contributed by atoms with van der Waals surface area (Å²) in [6.07, 6.45) is 1.60. The molecular weight excluding hydrogens is 368 g/mol. The van der Waals surface area contributed by atoms with Gasteiger partial charge in [-0.2, -0.15) is 9.61 Å². The van der Waals surface area contributed by atoms with Crippen LogP contribution in [0, 0.1) is 0 Å². The highest BCUT2D eigenvalue weighted by molar-refractivity contribution is 9.10. The number of hydrogen-bond donors (Lipinski definition) is 0. The lowest BCUT2D eigenvalue weighted by Crippen LogP contribution is -1.97. The van der Waals surface area contributed by atoms with Crippen LogP contribution in [0.25, 0.3) is 16.5 Å². The van der Waals surface area contributed by atoms with Crippen LogP contribution in [0.15, 0.2) is 51.6 Å². The van der Waals surface area contributed by atoms with Gasteiger partial charge in [-0.1, -0.05) is 27.3 Å². The van der Waals surface area contributed by atoms with Crippen LogP contribution >= 0.6 is 27.3 Å². The van der Waals surface area contributed by atoms with Crippen LogP contribution in [0.4, 0.5) is 0 Å². The Morgan fingerprint density at radius 3 is 2.82 bits per heavy atom. The summed E-state index contributed by atoms with van der Waals surface area (Å²) in [6.45, 7) is 0.382. The zero-order chi connectivity index (χ0) is 14.9. The molecule has 0 amide bonds. The molecule has 0 spiro atoms. The van der Waals surface area contributed by atoms with Crippen molar-refractivity contribution in [3.8, 4) is 17.3 Å². The number of furan rings is 1. The van der Waals surface area contributed by atoms with Crippen molar-refractivity contribution in [3.63, 3.8) is 0 Å². The van der Waals surface area contributed by atoms with E-state index in [1.54, 1.807) is 16.8 Å². The van der Waals surface area contributed by atoms with E-state index >= 15 is 0 Å². The maximum absolute atomic E-state index is 5.72. The molecule has 0 radical (unpaired) electrons. The number of nitrogens with zero attached hydrogens (tertiary/aromatic N) is 4. The van der Waals surface area contributed by atoms with E-state index in [1.165, 1.54) is 11.3 Å². The van der Waals surface area contributed by atoms with E-state index in [2.05, 4.69) is 31.2 Å². The summed E-state index contributed by atoms with van der Waals surface area (Å²) in [4.78, 5) is 0.709. The van der Waals surface area contributed by atoms with Gasteiger partial charge in [0, 0.05) is 4.47 Å². The first-order chi connectivity index (χ1) is 10.8. The van der Waals surface area contributed by atoms with Crippen molar-refractivity contribution in [3.05, 3.63) is 52.1 Å². The second-order valence-corrected chi connectivity index (χ2v) is 6.39. The van der Waals surface area contributed by atoms with E-state index < -0.39 is 0 Å². The number of halogens is 1. The second-order valence-electron chi connectivity index (χ2n) is 4.43. The molecule has 4 aromatic rings. The summed E-state index contributed by atoms with van der Waals surface area (Å²) in [5.74, 6) is 2.02. The molecule has 0 bridgehead atoms. The molecular formula is C14H9BrN4O2S. The van der Waals surface area contributed by atoms with Gasteiger partial charge in [-0.25, -0.2) is 0 Å². The SMILES string of the molecule is Brc1ccc(OCc2nn3c(-c4ccco4)nnc3s2)cc1. The highest BCUT2D eigenvalue weighted by Crippen LogP contribution is 2.23. The Hall–Kier alpha value is -2.19. The van der Waals surface area contributed by atoms with Gasteiger partial charge < -0.3 is 9.15 Å². The molecule has 0 aliphatic rings. The minimum Gasteiger partial charge on any atom is -0.486 e. The van der Waals surface area contributed by atoms with Crippen molar-refractivity contribution in [2.75, 3.05) is 0 Å². The molecule has 4 rings (SSSR count). The van der Waals surface area contributed by atoms with E-state index in [0.717, 1.165) is 15.2 Å². The Labute approximate surface area is 137 Å². The molecule has 3 aromatic heterocycles. The second kappa shape index (κ2) is 5.54. The van der Waals surface area contributed by atoms with E-state index in [9.17, 15) is 0 Å². The van der Waals surface area contributed by atoms with Crippen LogP contribution in [0.5, 0.6) is 5.75 Å². The fraction of sp³-hybridized carbons (Fsp3) is 0.0714. The minimum atomic E-state index is 0.382. The smallest absolute Gasteiger partial charge is 0.235 e. The summed E-state index contributed by atoms with van der Waals surface area (Å²) in [6, 6.07) is 11.3. The Balaban J connectivity index is 1.57. The Bertz CT molecular complexity index is 899. The molecule has 0 saturated heterocycles. The molecule has 0 aliphatic carbocycles. The molecule has 110 valence electrons. The molecule has 0 fully saturated rings. The molecule has 22 heavy (non-hydrogen) atoms. The first-order valence-electron chi connectivity index (χ1n) is 6.43. The van der Waals surface area contributed by atoms with Gasteiger partial charge in [0.15, 0.2) is 10.8 Å². The average molecular weight is 377 g/mol. The monoisotopic (exact) mass is 376 g/mol. The van der Waals surface area contributed by atoms with Crippen molar-refractivity contribution >= 4 is 32.2 Å². The van der Waals surface area contributed by atoms with Crippen molar-refractivity contribution in [2.45, 2.75) is 6.61 Å². The summed E-state index contributed by atoms with van der Waals surface area (Å²) in [5, 5.41) is 13.5. The van der Waals surface area contributed by atoms with Gasteiger partial charge in [-0.05, 0) is 36.4 Å². The van der Waals surface area contributed by atoms with Gasteiger partial charge in [-0.3, -0.25) is 0 Å². The third kappa shape index (κ3) is 2.51. The lowest BCUT2D eigenvalue weighted by Gasteiger charge is -2.02. The summed E-state index contributed by atoms with van der Waals surface area (Å²) < 4.78 is 13.7. The van der Waals surface area contributed by atoms with Crippen molar-refractivity contribution in [1.29, 1.82) is 0 Å². The van der Waals surface area contributed by atoms with Crippen LogP contribution in [-0.4, -0.2) is 19.8 Å². The number of rotatable bonds is 4. The van der Waals surface area contributed by atoms with Crippen molar-refractivity contribution in [1.82, 2.24) is 19.8 Å². The fourth-order valence-electron chi connectivity index (χ4n) is 1.95. The largest absolute Gasteiger partial charge is 0.486 e. The fourth-order valence-corrected chi connectivity index (χ4v) is 2.96. The minimum absolute atomic E-state index is 0.382. The molecule has 3 heterocycles. The topological polar surface area (TPSA) is 65.5 Å². The van der Waals surface area contributed by atoms with E-state index in [4.69, 9.17) is 9.15 Å². The summed E-state index contributed by atoms with van der Waals surface area (Å²) >= 11 is 4.83. The molecule has 0 saturated carbocycles. The predicted molar refractivity (Wildman–Crippen MR) is 84.8 cm³/mol. The van der Waals surface area contributed by atoms with Gasteiger partial charge in [0.1, 0.15) is 12.4 Å². The summed E-state index contributed by atoms with van der Waals surface area (Å²) in [5.41, 5.74) is 0. The molecule has 6 nitrogen and oxygen atoms in total. The van der Waals surface area contributed by atoms with E-state index in [0.29, 0.717) is 23.2 Å². The summed E-state index contributed by atoms with van der Waals surface area (Å²) in [7, 11) is 0. The molecule has 0 aliphatic heterocycles. The number of fused-ring (bicyclic) bond motifs is 1. The first kappa shape index (κ1) is 13.5. The average Bonchev–Trinajstić information content (AvgIpc) is 3.22. The Morgan fingerprint density at radius 2 is 2.05 bits per heavy atom. The lowest BCUT2D eigenvalue weighted by atomic mass is 10.3. The normalized spacial score (nSPS) is 11.1. The number of hydrogen-bond acceptors (Lipinski definition) is 6. The molecule has 0 atom stereocenters. The van der Waals surface area contributed by atoms with Gasteiger partial charge in [0.2, 0.25) is 10.8 Å². The Kier molecular flexibility index (Phi) is 3.39. The van der Waals surface area contributed by atoms with Crippen molar-refractivity contribution in [2.24, 2.45) is 0 Å². The molecule has 0 N–H and O–H groups in total. The highest BCUT2D eigenvalue weighted by atomic mass is 79.9. The number of ether oxygens (including phenoxy) is 1. The van der Waals surface area contributed by atoms with Crippen LogP contribution < -0.4 is 4.74 Å². The Morgan fingerprint density at radius 1 is 1.18 bits per heavy atom. The van der Waals surface area contributed by atoms with Crippen LogP contribution in [-0.2, 0) is 6.61 Å². The quantitative estimate of drug-likeness (QED) is 0.542. The maximum atomic E-state index is 5.72. The van der Waals surface area contributed by atoms with Crippen LogP contribution in [0.2, 0.25) is 0 Å². The van der Waals surface area contributed by atoms with Gasteiger partial charge in [-0.15, -0.1) is 10.2 Å². The van der Waals surface area contributed by atoms with Crippen LogP contribution in [0.3, 0.4) is 0 Å². The first-order valence-corrected chi connectivity index (χ1v) is 8.04. The zero-order valence-corrected chi connectivity index (χ0v) is 13.5. The number of benzene rings is 1. The van der Waals surface area contributed by atoms with Gasteiger partial charge in [0.05, 0.1) is 6.26 Å². The van der Waals surface area contributed by atoms with Gasteiger partial charge in [0.25, 0.3) is 0 Å². The predicted octanol–water partition coefficient (Wildman–Crippen LogP) is 3.79. The zero-order valence-electron chi connectivity index (χ0n) is 11.1. The molecule has 0 unspecified atom stereocenters. The van der Waals surface area contributed by atoms with Crippen molar-refractivity contribution < 1.29 is 9.15 Å². The molecule has 8 heteroatoms. The number of aromatic nitrogens is 4. The third-order valence-corrected chi connectivity index (χ3v) is 4.35. The lowest BCUT2D eigenvalue weighted by molar-refractivity contribution is 0.304. The van der Waals surface area contributed by atoms with Crippen LogP contribution in [0.1, 0.15) is 5.01 Å².